The van der Waals surface area contributed by atoms with Gasteiger partial charge in [-0.3, -0.25) is 0 Å². The van der Waals surface area contributed by atoms with E-state index in [2.05, 4.69) is 10.3 Å². The maximum Gasteiger partial charge on any atom is 0.131 e. The Balaban J connectivity index is 2.81. The maximum absolute atomic E-state index is 9.76. The lowest BCUT2D eigenvalue weighted by Crippen LogP contribution is -2.29. The number of halogens is 1. The van der Waals surface area contributed by atoms with Crippen molar-refractivity contribution >= 4 is 11.6 Å². The van der Waals surface area contributed by atoms with Crippen molar-refractivity contribution in [1.82, 2.24) is 10.3 Å². The van der Waals surface area contributed by atoms with Crippen molar-refractivity contribution in [1.29, 1.82) is 0 Å². The molecule has 0 amide bonds. The molecule has 0 saturated carbocycles. The summed E-state index contributed by atoms with van der Waals surface area (Å²) in [6.07, 6.45) is -0.322. The van der Waals surface area contributed by atoms with E-state index in [1.54, 1.807) is 20.0 Å². The van der Waals surface area contributed by atoms with Gasteiger partial charge in [-0.25, -0.2) is 4.98 Å². The van der Waals surface area contributed by atoms with Gasteiger partial charge in [-0.15, -0.1) is 0 Å². The molecule has 2 atom stereocenters. The summed E-state index contributed by atoms with van der Waals surface area (Å²) in [5.41, 5.74) is 1.35. The smallest absolute Gasteiger partial charge is 0.131 e. The monoisotopic (exact) mass is 230 g/mol. The summed E-state index contributed by atoms with van der Waals surface area (Å²) in [5, 5.41) is 22.5. The van der Waals surface area contributed by atoms with E-state index in [1.807, 2.05) is 0 Å². The third-order valence-corrected chi connectivity index (χ3v) is 2.55. The Morgan fingerprint density at radius 2 is 2.20 bits per heavy atom. The number of aliphatic hydroxyl groups is 2. The third-order valence-electron chi connectivity index (χ3n) is 2.15. The van der Waals surface area contributed by atoms with Crippen LogP contribution in [0.3, 0.4) is 0 Å². The van der Waals surface area contributed by atoms with Crippen LogP contribution < -0.4 is 5.32 Å². The molecule has 3 N–H and O–H groups in total. The van der Waals surface area contributed by atoms with Gasteiger partial charge in [0.15, 0.2) is 0 Å². The highest BCUT2D eigenvalue weighted by Crippen LogP contribution is 2.20. The molecule has 1 aromatic heterocycles. The molecule has 0 aromatic carbocycles. The Morgan fingerprint density at radius 3 is 2.73 bits per heavy atom. The number of likely N-dealkylation sites (N-methyl/N-ethyl adjacent to an activating group) is 1. The largest absolute Gasteiger partial charge is 0.389 e. The van der Waals surface area contributed by atoms with Crippen LogP contribution in [0.1, 0.15) is 17.2 Å². The van der Waals surface area contributed by atoms with Crippen LogP contribution in [0.2, 0.25) is 5.15 Å². The van der Waals surface area contributed by atoms with E-state index < -0.39 is 12.2 Å². The van der Waals surface area contributed by atoms with Crippen molar-refractivity contribution in [3.05, 3.63) is 28.5 Å². The van der Waals surface area contributed by atoms with Gasteiger partial charge in [-0.2, -0.15) is 0 Å². The van der Waals surface area contributed by atoms with Crippen LogP contribution in [0.25, 0.3) is 0 Å². The van der Waals surface area contributed by atoms with Gasteiger partial charge in [-0.05, 0) is 25.6 Å². The molecule has 1 aromatic rings. The molecule has 0 aliphatic heterocycles. The summed E-state index contributed by atoms with van der Waals surface area (Å²) >= 11 is 5.76. The number of aromatic nitrogens is 1. The van der Waals surface area contributed by atoms with E-state index in [0.29, 0.717) is 17.3 Å². The molecule has 0 bridgehead atoms. The summed E-state index contributed by atoms with van der Waals surface area (Å²) in [7, 11) is 1.71. The summed E-state index contributed by atoms with van der Waals surface area (Å²) in [6.45, 7) is 2.12. The first-order chi connectivity index (χ1) is 7.06. The predicted octanol–water partition coefficient (Wildman–Crippen LogP) is 0.657. The predicted molar refractivity (Wildman–Crippen MR) is 58.9 cm³/mol. The number of hydrogen-bond donors (Lipinski definition) is 3. The lowest BCUT2D eigenvalue weighted by Gasteiger charge is -2.17. The fourth-order valence-electron chi connectivity index (χ4n) is 1.28. The van der Waals surface area contributed by atoms with Gasteiger partial charge in [0.25, 0.3) is 0 Å². The van der Waals surface area contributed by atoms with Gasteiger partial charge in [-0.1, -0.05) is 11.6 Å². The highest BCUT2D eigenvalue weighted by Gasteiger charge is 2.18. The van der Waals surface area contributed by atoms with E-state index in [4.69, 9.17) is 11.6 Å². The number of nitrogens with one attached hydrogen (secondary N) is 1. The topological polar surface area (TPSA) is 65.4 Å². The number of aryl methyl sites for hydroxylation is 1. The lowest BCUT2D eigenvalue weighted by molar-refractivity contribution is 0.0200. The Kier molecular flexibility index (Phi) is 4.47. The van der Waals surface area contributed by atoms with Crippen LogP contribution >= 0.6 is 11.6 Å². The minimum Gasteiger partial charge on any atom is -0.389 e. The van der Waals surface area contributed by atoms with Crippen molar-refractivity contribution in [3.63, 3.8) is 0 Å². The highest BCUT2D eigenvalue weighted by atomic mass is 35.5. The van der Waals surface area contributed by atoms with Crippen LogP contribution in [-0.2, 0) is 0 Å². The second kappa shape index (κ2) is 5.42. The summed E-state index contributed by atoms with van der Waals surface area (Å²) in [6, 6.07) is 1.72. The quantitative estimate of drug-likeness (QED) is 0.665. The Morgan fingerprint density at radius 1 is 1.53 bits per heavy atom. The average molecular weight is 231 g/mol. The van der Waals surface area contributed by atoms with E-state index in [9.17, 15) is 10.2 Å². The zero-order valence-electron chi connectivity index (χ0n) is 8.74. The molecule has 1 heterocycles. The SMILES string of the molecule is CNCC(O)C(O)c1cnc(Cl)c(C)c1. The lowest BCUT2D eigenvalue weighted by atomic mass is 10.1. The molecule has 84 valence electrons. The molecule has 0 saturated heterocycles. The number of pyridine rings is 1. The minimum absolute atomic E-state index is 0.322. The molecule has 5 heteroatoms. The van der Waals surface area contributed by atoms with Gasteiger partial charge >= 0.3 is 0 Å². The second-order valence-corrected chi connectivity index (χ2v) is 3.80. The number of aliphatic hydroxyl groups excluding tert-OH is 2. The minimum atomic E-state index is -0.944. The molecule has 0 spiro atoms. The van der Waals surface area contributed by atoms with E-state index in [-0.39, 0.29) is 0 Å². The molecule has 4 nitrogen and oxygen atoms in total. The molecule has 1 rings (SSSR count). The number of hydrogen-bond acceptors (Lipinski definition) is 4. The summed E-state index contributed by atoms with van der Waals surface area (Å²) in [5.74, 6) is 0. The molecule has 0 aliphatic rings. The first-order valence-electron chi connectivity index (χ1n) is 4.69. The average Bonchev–Trinajstić information content (AvgIpc) is 2.21. The Bertz CT molecular complexity index is 333. The Labute approximate surface area is 93.9 Å². The molecule has 2 unspecified atom stereocenters. The maximum atomic E-state index is 9.76. The van der Waals surface area contributed by atoms with Gasteiger partial charge in [0.1, 0.15) is 11.3 Å². The molecular weight excluding hydrogens is 216 g/mol. The number of rotatable bonds is 4. The van der Waals surface area contributed by atoms with Gasteiger partial charge in [0.05, 0.1) is 6.10 Å². The third kappa shape index (κ3) is 3.14. The fourth-order valence-corrected chi connectivity index (χ4v) is 1.39. The standard InChI is InChI=1S/C10H15ClN2O2/c1-6-3-7(4-13-10(6)11)9(15)8(14)5-12-2/h3-4,8-9,12,14-15H,5H2,1-2H3. The van der Waals surface area contributed by atoms with Crippen LogP contribution in [0.4, 0.5) is 0 Å². The fraction of sp³-hybridized carbons (Fsp3) is 0.500. The van der Waals surface area contributed by atoms with Crippen molar-refractivity contribution in [3.8, 4) is 0 Å². The van der Waals surface area contributed by atoms with Crippen molar-refractivity contribution < 1.29 is 10.2 Å². The van der Waals surface area contributed by atoms with Gasteiger partial charge in [0.2, 0.25) is 0 Å². The van der Waals surface area contributed by atoms with Crippen molar-refractivity contribution in [2.75, 3.05) is 13.6 Å². The van der Waals surface area contributed by atoms with Crippen LogP contribution in [0.15, 0.2) is 12.3 Å². The number of nitrogens with zero attached hydrogens (tertiary/aromatic N) is 1. The first-order valence-corrected chi connectivity index (χ1v) is 5.06. The molecule has 0 aliphatic carbocycles. The zero-order chi connectivity index (χ0) is 11.4. The summed E-state index contributed by atoms with van der Waals surface area (Å²) < 4.78 is 0. The first kappa shape index (κ1) is 12.4. The van der Waals surface area contributed by atoms with E-state index >= 15 is 0 Å². The molecular formula is C10H15ClN2O2. The summed E-state index contributed by atoms with van der Waals surface area (Å²) in [4.78, 5) is 3.92. The van der Waals surface area contributed by atoms with Crippen molar-refractivity contribution in [2.24, 2.45) is 0 Å². The van der Waals surface area contributed by atoms with Crippen LogP contribution in [0.5, 0.6) is 0 Å². The van der Waals surface area contributed by atoms with Crippen LogP contribution in [0, 0.1) is 6.92 Å². The van der Waals surface area contributed by atoms with Crippen molar-refractivity contribution in [2.45, 2.75) is 19.1 Å². The molecule has 0 radical (unpaired) electrons. The highest BCUT2D eigenvalue weighted by molar-refractivity contribution is 6.30. The van der Waals surface area contributed by atoms with Gasteiger partial charge in [0, 0.05) is 18.3 Å². The van der Waals surface area contributed by atoms with Gasteiger partial charge < -0.3 is 15.5 Å². The Hall–Kier alpha value is -0.680. The van der Waals surface area contributed by atoms with E-state index in [1.165, 1.54) is 6.20 Å². The molecule has 0 fully saturated rings. The zero-order valence-corrected chi connectivity index (χ0v) is 9.49. The second-order valence-electron chi connectivity index (χ2n) is 3.45. The van der Waals surface area contributed by atoms with Crippen LogP contribution in [-0.4, -0.2) is 34.9 Å². The molecule has 15 heavy (non-hydrogen) atoms. The normalized spacial score (nSPS) is 15.0. The van der Waals surface area contributed by atoms with E-state index in [0.717, 1.165) is 5.56 Å².